The molecule has 3 amide bonds. The fraction of sp³-hybridized carbons (Fsp3) is 0.429. The number of nitrogens with two attached hydrogens (primary N) is 1. The van der Waals surface area contributed by atoms with Crippen molar-refractivity contribution >= 4 is 30.0 Å². The number of carbonyl (C=O) groups excluding carboxylic acids is 2. The predicted molar refractivity (Wildman–Crippen MR) is 84.8 cm³/mol. The largest absolute Gasteiger partial charge is 0.351 e. The van der Waals surface area contributed by atoms with Crippen LogP contribution in [0.1, 0.15) is 23.7 Å². The molecule has 0 spiro atoms. The molecule has 1 fully saturated rings. The van der Waals surface area contributed by atoms with Crippen LogP contribution in [-0.2, 0) is 0 Å². The van der Waals surface area contributed by atoms with Gasteiger partial charge in [-0.15, -0.1) is 12.4 Å². The lowest BCUT2D eigenvalue weighted by Gasteiger charge is -2.30. The number of amides is 3. The fourth-order valence-electron chi connectivity index (χ4n) is 2.32. The smallest absolute Gasteiger partial charge is 0.316 e. The molecule has 2 atom stereocenters. The minimum atomic E-state index is -0.646. The summed E-state index contributed by atoms with van der Waals surface area (Å²) in [6.07, 6.45) is 1.05. The van der Waals surface area contributed by atoms with Crippen LogP contribution < -0.4 is 21.7 Å². The molecule has 1 aromatic rings. The van der Waals surface area contributed by atoms with Gasteiger partial charge in [0.2, 0.25) is 0 Å². The lowest BCUT2D eigenvalue weighted by Crippen LogP contribution is -2.50. The van der Waals surface area contributed by atoms with Gasteiger partial charge >= 0.3 is 6.03 Å². The summed E-state index contributed by atoms with van der Waals surface area (Å²) >= 11 is 0. The SMILES string of the molecule is CC1CCNCC1NC(=O)c1cccc(NC(N)=O)c1.Cl. The Morgan fingerprint density at radius 3 is 2.81 bits per heavy atom. The van der Waals surface area contributed by atoms with Crippen LogP contribution in [0.2, 0.25) is 0 Å². The Kier molecular flexibility index (Phi) is 6.45. The number of halogens is 1. The molecule has 0 aromatic heterocycles. The van der Waals surface area contributed by atoms with Crippen molar-refractivity contribution in [3.63, 3.8) is 0 Å². The zero-order valence-electron chi connectivity index (χ0n) is 11.9. The number of piperidine rings is 1. The molecule has 1 aliphatic rings. The number of anilines is 1. The molecule has 7 heteroatoms. The van der Waals surface area contributed by atoms with E-state index in [9.17, 15) is 9.59 Å². The monoisotopic (exact) mass is 312 g/mol. The van der Waals surface area contributed by atoms with E-state index in [0.717, 1.165) is 19.5 Å². The van der Waals surface area contributed by atoms with Gasteiger partial charge in [-0.05, 0) is 37.1 Å². The molecule has 21 heavy (non-hydrogen) atoms. The van der Waals surface area contributed by atoms with Crippen molar-refractivity contribution in [3.05, 3.63) is 29.8 Å². The molecule has 0 aliphatic carbocycles. The summed E-state index contributed by atoms with van der Waals surface area (Å²) in [6.45, 7) is 3.91. The van der Waals surface area contributed by atoms with Crippen molar-refractivity contribution in [2.75, 3.05) is 18.4 Å². The van der Waals surface area contributed by atoms with Gasteiger partial charge in [0.1, 0.15) is 0 Å². The van der Waals surface area contributed by atoms with Crippen LogP contribution in [0.3, 0.4) is 0 Å². The first-order chi connectivity index (χ1) is 9.56. The summed E-state index contributed by atoms with van der Waals surface area (Å²) in [6, 6.07) is 6.20. The van der Waals surface area contributed by atoms with Crippen LogP contribution in [0.15, 0.2) is 24.3 Å². The molecular weight excluding hydrogens is 292 g/mol. The van der Waals surface area contributed by atoms with Crippen molar-refractivity contribution in [1.82, 2.24) is 10.6 Å². The third-order valence-corrected chi connectivity index (χ3v) is 3.54. The van der Waals surface area contributed by atoms with Crippen molar-refractivity contribution in [2.45, 2.75) is 19.4 Å². The first kappa shape index (κ1) is 17.3. The minimum Gasteiger partial charge on any atom is -0.351 e. The number of carbonyl (C=O) groups is 2. The Labute approximate surface area is 130 Å². The number of hydrogen-bond donors (Lipinski definition) is 4. The molecule has 0 radical (unpaired) electrons. The van der Waals surface area contributed by atoms with Gasteiger partial charge in [-0.3, -0.25) is 4.79 Å². The zero-order chi connectivity index (χ0) is 14.5. The molecule has 1 heterocycles. The predicted octanol–water partition coefficient (Wildman–Crippen LogP) is 1.33. The molecule has 5 N–H and O–H groups in total. The van der Waals surface area contributed by atoms with E-state index < -0.39 is 6.03 Å². The summed E-state index contributed by atoms with van der Waals surface area (Å²) in [7, 11) is 0. The summed E-state index contributed by atoms with van der Waals surface area (Å²) in [5.74, 6) is 0.311. The van der Waals surface area contributed by atoms with Crippen molar-refractivity contribution in [1.29, 1.82) is 0 Å². The first-order valence-electron chi connectivity index (χ1n) is 6.74. The molecule has 2 unspecified atom stereocenters. The Bertz CT molecular complexity index is 510. The third kappa shape index (κ3) is 4.91. The van der Waals surface area contributed by atoms with Crippen molar-refractivity contribution in [2.24, 2.45) is 11.7 Å². The average Bonchev–Trinajstić information content (AvgIpc) is 2.41. The van der Waals surface area contributed by atoms with E-state index >= 15 is 0 Å². The number of primary amides is 1. The molecule has 6 nitrogen and oxygen atoms in total. The topological polar surface area (TPSA) is 96.2 Å². The van der Waals surface area contributed by atoms with E-state index in [1.807, 2.05) is 0 Å². The number of rotatable bonds is 3. The lowest BCUT2D eigenvalue weighted by molar-refractivity contribution is 0.0915. The van der Waals surface area contributed by atoms with E-state index in [2.05, 4.69) is 22.9 Å². The summed E-state index contributed by atoms with van der Waals surface area (Å²) < 4.78 is 0. The summed E-state index contributed by atoms with van der Waals surface area (Å²) in [4.78, 5) is 23.0. The molecule has 1 aliphatic heterocycles. The maximum Gasteiger partial charge on any atom is 0.316 e. The van der Waals surface area contributed by atoms with E-state index in [0.29, 0.717) is 17.2 Å². The number of nitrogens with one attached hydrogen (secondary N) is 3. The second-order valence-electron chi connectivity index (χ2n) is 5.12. The normalized spacial score (nSPS) is 21.0. The molecule has 1 aromatic carbocycles. The van der Waals surface area contributed by atoms with E-state index in [1.165, 1.54) is 0 Å². The van der Waals surface area contributed by atoms with Gasteiger partial charge in [-0.1, -0.05) is 13.0 Å². The van der Waals surface area contributed by atoms with Gasteiger partial charge in [0.15, 0.2) is 0 Å². The molecule has 0 saturated carbocycles. The average molecular weight is 313 g/mol. The van der Waals surface area contributed by atoms with Crippen LogP contribution in [0.5, 0.6) is 0 Å². The maximum atomic E-state index is 12.2. The Morgan fingerprint density at radius 2 is 2.14 bits per heavy atom. The highest BCUT2D eigenvalue weighted by molar-refractivity contribution is 5.96. The quantitative estimate of drug-likeness (QED) is 0.678. The van der Waals surface area contributed by atoms with Crippen LogP contribution in [0.25, 0.3) is 0 Å². The van der Waals surface area contributed by atoms with Gasteiger partial charge in [0.25, 0.3) is 5.91 Å². The van der Waals surface area contributed by atoms with Crippen LogP contribution in [0.4, 0.5) is 10.5 Å². The molecule has 116 valence electrons. The standard InChI is InChI=1S/C14H20N4O2.ClH/c1-9-5-6-16-8-12(9)18-13(19)10-3-2-4-11(7-10)17-14(15)20;/h2-4,7,9,12,16H,5-6,8H2,1H3,(H,18,19)(H3,15,17,20);1H. The van der Waals surface area contributed by atoms with Gasteiger partial charge in [0.05, 0.1) is 0 Å². The second-order valence-corrected chi connectivity index (χ2v) is 5.12. The lowest BCUT2D eigenvalue weighted by atomic mass is 9.94. The third-order valence-electron chi connectivity index (χ3n) is 3.54. The minimum absolute atomic E-state index is 0. The van der Waals surface area contributed by atoms with Gasteiger partial charge in [-0.2, -0.15) is 0 Å². The zero-order valence-corrected chi connectivity index (χ0v) is 12.7. The van der Waals surface area contributed by atoms with Crippen molar-refractivity contribution in [3.8, 4) is 0 Å². The van der Waals surface area contributed by atoms with Gasteiger partial charge in [0, 0.05) is 23.8 Å². The Hall–Kier alpha value is -1.79. The van der Waals surface area contributed by atoms with Crippen LogP contribution in [0, 0.1) is 5.92 Å². The first-order valence-corrected chi connectivity index (χ1v) is 6.74. The molecule has 0 bridgehead atoms. The fourth-order valence-corrected chi connectivity index (χ4v) is 2.32. The Balaban J connectivity index is 0.00000220. The number of benzene rings is 1. The highest BCUT2D eigenvalue weighted by atomic mass is 35.5. The highest BCUT2D eigenvalue weighted by Gasteiger charge is 2.23. The van der Waals surface area contributed by atoms with E-state index in [1.54, 1.807) is 24.3 Å². The second kappa shape index (κ2) is 7.85. The Morgan fingerprint density at radius 1 is 1.38 bits per heavy atom. The highest BCUT2D eigenvalue weighted by Crippen LogP contribution is 2.14. The van der Waals surface area contributed by atoms with E-state index in [-0.39, 0.29) is 24.4 Å². The van der Waals surface area contributed by atoms with Gasteiger partial charge in [-0.25, -0.2) is 4.79 Å². The molecular formula is C14H21ClN4O2. The van der Waals surface area contributed by atoms with Crippen LogP contribution >= 0.6 is 12.4 Å². The van der Waals surface area contributed by atoms with E-state index in [4.69, 9.17) is 5.73 Å². The van der Waals surface area contributed by atoms with Gasteiger partial charge < -0.3 is 21.7 Å². The summed E-state index contributed by atoms with van der Waals surface area (Å²) in [5, 5.41) is 8.75. The molecule has 2 rings (SSSR count). The molecule has 1 saturated heterocycles. The van der Waals surface area contributed by atoms with Crippen molar-refractivity contribution < 1.29 is 9.59 Å². The maximum absolute atomic E-state index is 12.2. The summed E-state index contributed by atoms with van der Waals surface area (Å²) in [5.41, 5.74) is 6.08. The van der Waals surface area contributed by atoms with Crippen LogP contribution in [-0.4, -0.2) is 31.1 Å². The number of urea groups is 1. The number of hydrogen-bond acceptors (Lipinski definition) is 3.